The SMILES string of the molecule is [c]1nccnc1N=NC1C=CC=CO1. The van der Waals surface area contributed by atoms with Crippen molar-refractivity contribution in [2.24, 2.45) is 10.2 Å². The third-order valence-electron chi connectivity index (χ3n) is 1.45. The molecule has 1 aliphatic heterocycles. The van der Waals surface area contributed by atoms with Crippen molar-refractivity contribution in [3.63, 3.8) is 0 Å². The van der Waals surface area contributed by atoms with Crippen LogP contribution >= 0.6 is 0 Å². The number of rotatable bonds is 2. The third-order valence-corrected chi connectivity index (χ3v) is 1.45. The summed E-state index contributed by atoms with van der Waals surface area (Å²) < 4.78 is 5.11. The Labute approximate surface area is 80.9 Å². The molecule has 1 aromatic heterocycles. The number of nitrogens with zero attached hydrogens (tertiary/aromatic N) is 4. The maximum absolute atomic E-state index is 5.11. The average Bonchev–Trinajstić information content (AvgIpc) is 2.29. The van der Waals surface area contributed by atoms with E-state index >= 15 is 0 Å². The zero-order chi connectivity index (χ0) is 9.64. The van der Waals surface area contributed by atoms with Gasteiger partial charge in [-0.25, -0.2) is 9.97 Å². The van der Waals surface area contributed by atoms with E-state index in [0.717, 1.165) is 0 Å². The molecule has 14 heavy (non-hydrogen) atoms. The zero-order valence-electron chi connectivity index (χ0n) is 7.24. The molecule has 5 heteroatoms. The van der Waals surface area contributed by atoms with Crippen molar-refractivity contribution in [2.75, 3.05) is 0 Å². The van der Waals surface area contributed by atoms with E-state index < -0.39 is 0 Å². The van der Waals surface area contributed by atoms with Crippen LogP contribution in [0, 0.1) is 6.20 Å². The molecular formula is C9H7N4O. The van der Waals surface area contributed by atoms with Gasteiger partial charge in [0.2, 0.25) is 12.0 Å². The molecule has 0 amide bonds. The van der Waals surface area contributed by atoms with Crippen molar-refractivity contribution in [3.8, 4) is 0 Å². The van der Waals surface area contributed by atoms with Gasteiger partial charge < -0.3 is 4.74 Å². The summed E-state index contributed by atoms with van der Waals surface area (Å²) in [5.41, 5.74) is 0. The average molecular weight is 187 g/mol. The van der Waals surface area contributed by atoms with Gasteiger partial charge in [-0.2, -0.15) is 0 Å². The summed E-state index contributed by atoms with van der Waals surface area (Å²) in [6.45, 7) is 0. The minimum absolute atomic E-state index is 0.346. The predicted molar refractivity (Wildman–Crippen MR) is 48.5 cm³/mol. The Bertz CT molecular complexity index is 372. The Morgan fingerprint density at radius 3 is 3.07 bits per heavy atom. The monoisotopic (exact) mass is 187 g/mol. The number of allylic oxidation sites excluding steroid dienone is 2. The number of aromatic nitrogens is 2. The molecule has 69 valence electrons. The number of hydrogen-bond acceptors (Lipinski definition) is 5. The normalized spacial score (nSPS) is 19.9. The van der Waals surface area contributed by atoms with Gasteiger partial charge in [-0.15, -0.1) is 10.2 Å². The lowest BCUT2D eigenvalue weighted by molar-refractivity contribution is 0.185. The van der Waals surface area contributed by atoms with E-state index in [9.17, 15) is 0 Å². The number of hydrogen-bond donors (Lipinski definition) is 0. The van der Waals surface area contributed by atoms with Crippen LogP contribution in [0.15, 0.2) is 47.1 Å². The van der Waals surface area contributed by atoms with Crippen molar-refractivity contribution >= 4 is 5.82 Å². The third kappa shape index (κ3) is 2.22. The minimum atomic E-state index is -0.379. The van der Waals surface area contributed by atoms with Crippen molar-refractivity contribution in [3.05, 3.63) is 43.1 Å². The molecule has 0 spiro atoms. The summed E-state index contributed by atoms with van der Waals surface area (Å²) in [6, 6.07) is 0. The van der Waals surface area contributed by atoms with Crippen LogP contribution in [0.5, 0.6) is 0 Å². The molecule has 5 nitrogen and oxygen atoms in total. The van der Waals surface area contributed by atoms with E-state index in [2.05, 4.69) is 26.4 Å². The van der Waals surface area contributed by atoms with E-state index in [4.69, 9.17) is 4.74 Å². The first-order chi connectivity index (χ1) is 6.95. The maximum atomic E-state index is 5.11. The first-order valence-electron chi connectivity index (χ1n) is 4.03. The van der Waals surface area contributed by atoms with Crippen LogP contribution in [0.25, 0.3) is 0 Å². The first-order valence-corrected chi connectivity index (χ1v) is 4.03. The molecule has 1 aliphatic rings. The molecule has 2 heterocycles. The summed E-state index contributed by atoms with van der Waals surface area (Å²) in [4.78, 5) is 7.62. The molecule has 1 radical (unpaired) electrons. The molecule has 1 atom stereocenters. The standard InChI is InChI=1S/C9H7N4O/c1-2-6-14-9(3-1)13-12-8-7-10-4-5-11-8/h1-6,9H. The van der Waals surface area contributed by atoms with E-state index in [0.29, 0.717) is 5.82 Å². The van der Waals surface area contributed by atoms with Crippen LogP contribution in [0.1, 0.15) is 0 Å². The van der Waals surface area contributed by atoms with Gasteiger partial charge in [0, 0.05) is 12.4 Å². The Morgan fingerprint density at radius 1 is 1.36 bits per heavy atom. The predicted octanol–water partition coefficient (Wildman–Crippen LogP) is 1.79. The van der Waals surface area contributed by atoms with Crippen molar-refractivity contribution in [1.29, 1.82) is 0 Å². The Morgan fingerprint density at radius 2 is 2.36 bits per heavy atom. The van der Waals surface area contributed by atoms with Crippen LogP contribution in [0.3, 0.4) is 0 Å². The van der Waals surface area contributed by atoms with Crippen molar-refractivity contribution in [1.82, 2.24) is 9.97 Å². The summed E-state index contributed by atoms with van der Waals surface area (Å²) in [5.74, 6) is 0.346. The van der Waals surface area contributed by atoms with Crippen LogP contribution < -0.4 is 0 Å². The Balaban J connectivity index is 2.01. The number of ether oxygens (including phenoxy) is 1. The molecule has 0 saturated carbocycles. The maximum Gasteiger partial charge on any atom is 0.227 e. The van der Waals surface area contributed by atoms with Gasteiger partial charge in [0.1, 0.15) is 6.20 Å². The fourth-order valence-electron chi connectivity index (χ4n) is 0.862. The second kappa shape index (κ2) is 4.27. The van der Waals surface area contributed by atoms with Crippen LogP contribution in [-0.4, -0.2) is 16.2 Å². The molecule has 1 unspecified atom stereocenters. The van der Waals surface area contributed by atoms with Crippen LogP contribution in [-0.2, 0) is 4.74 Å². The molecule has 2 rings (SSSR count). The molecule has 1 aromatic rings. The van der Waals surface area contributed by atoms with Gasteiger partial charge in [-0.05, 0) is 12.2 Å². The van der Waals surface area contributed by atoms with E-state index in [-0.39, 0.29) is 6.23 Å². The highest BCUT2D eigenvalue weighted by molar-refractivity contribution is 5.17. The zero-order valence-corrected chi connectivity index (χ0v) is 7.24. The van der Waals surface area contributed by atoms with Crippen molar-refractivity contribution < 1.29 is 4.74 Å². The molecule has 0 fully saturated rings. The van der Waals surface area contributed by atoms with Gasteiger partial charge in [0.05, 0.1) is 6.26 Å². The number of azo groups is 1. The fourth-order valence-corrected chi connectivity index (χ4v) is 0.862. The first kappa shape index (κ1) is 8.55. The minimum Gasteiger partial charge on any atom is -0.471 e. The summed E-state index contributed by atoms with van der Waals surface area (Å²) in [5, 5.41) is 7.70. The quantitative estimate of drug-likeness (QED) is 0.663. The highest BCUT2D eigenvalue weighted by Gasteiger charge is 2.02. The second-order valence-corrected chi connectivity index (χ2v) is 2.45. The van der Waals surface area contributed by atoms with Gasteiger partial charge in [-0.1, -0.05) is 6.08 Å². The second-order valence-electron chi connectivity index (χ2n) is 2.45. The smallest absolute Gasteiger partial charge is 0.227 e. The Hall–Kier alpha value is -2.04. The highest BCUT2D eigenvalue weighted by Crippen LogP contribution is 2.08. The van der Waals surface area contributed by atoms with E-state index in [1.165, 1.54) is 12.4 Å². The summed E-state index contributed by atoms with van der Waals surface area (Å²) in [7, 11) is 0. The fraction of sp³-hybridized carbons (Fsp3) is 0.111. The van der Waals surface area contributed by atoms with Gasteiger partial charge in [0.25, 0.3) is 0 Å². The lowest BCUT2D eigenvalue weighted by atomic mass is 10.4. The molecule has 0 N–H and O–H groups in total. The van der Waals surface area contributed by atoms with E-state index in [1.807, 2.05) is 6.08 Å². The molecular weight excluding hydrogens is 180 g/mol. The lowest BCUT2D eigenvalue weighted by Gasteiger charge is -2.07. The van der Waals surface area contributed by atoms with Crippen LogP contribution in [0.4, 0.5) is 5.82 Å². The van der Waals surface area contributed by atoms with Crippen molar-refractivity contribution in [2.45, 2.75) is 6.23 Å². The van der Waals surface area contributed by atoms with Gasteiger partial charge in [-0.3, -0.25) is 0 Å². The molecule has 0 saturated heterocycles. The van der Waals surface area contributed by atoms with Crippen LogP contribution in [0.2, 0.25) is 0 Å². The van der Waals surface area contributed by atoms with E-state index in [1.54, 1.807) is 18.4 Å². The molecule has 0 aliphatic carbocycles. The van der Waals surface area contributed by atoms with Gasteiger partial charge >= 0.3 is 0 Å². The summed E-state index contributed by atoms with van der Waals surface area (Å²) >= 11 is 0. The topological polar surface area (TPSA) is 59.7 Å². The highest BCUT2D eigenvalue weighted by atomic mass is 16.5. The van der Waals surface area contributed by atoms with Gasteiger partial charge in [0.15, 0.2) is 0 Å². The largest absolute Gasteiger partial charge is 0.471 e. The Kier molecular flexibility index (Phi) is 2.61. The molecule has 0 aromatic carbocycles. The molecule has 0 bridgehead atoms. The summed E-state index contributed by atoms with van der Waals surface area (Å²) in [6.07, 6.45) is 12.2. The lowest BCUT2D eigenvalue weighted by Crippen LogP contribution is -2.02.